The zero-order valence-electron chi connectivity index (χ0n) is 17.0. The highest BCUT2D eigenvalue weighted by Gasteiger charge is 2.26. The van der Waals surface area contributed by atoms with Crippen molar-refractivity contribution in [1.82, 2.24) is 0 Å². The minimum Gasteiger partial charge on any atom is -0.481 e. The largest absolute Gasteiger partial charge is 0.481 e. The molecule has 0 amide bonds. The van der Waals surface area contributed by atoms with Crippen LogP contribution < -0.4 is 0 Å². The number of carboxylic acids is 1. The molecule has 0 aliphatic carbocycles. The molecule has 5 N–H and O–H groups in total. The third-order valence-corrected chi connectivity index (χ3v) is 5.00. The predicted octanol–water partition coefficient (Wildman–Crippen LogP) is 1.43. The second-order valence-electron chi connectivity index (χ2n) is 6.63. The van der Waals surface area contributed by atoms with E-state index < -0.39 is 37.8 Å². The highest BCUT2D eigenvalue weighted by Crippen LogP contribution is 2.12. The average Bonchev–Trinajstić information content (AvgIpc) is 2.69. The second kappa shape index (κ2) is 20.9. The van der Waals surface area contributed by atoms with Crippen LogP contribution in [-0.2, 0) is 14.3 Å². The number of aliphatic hydroxyl groups is 4. The molecular weight excluding hydrogens is 388 g/mol. The van der Waals surface area contributed by atoms with E-state index in [1.807, 2.05) is 0 Å². The van der Waals surface area contributed by atoms with Gasteiger partial charge in [0.1, 0.15) is 0 Å². The summed E-state index contributed by atoms with van der Waals surface area (Å²) in [4.78, 5) is 21.6. The number of hydrogen-bond acceptors (Lipinski definition) is 8. The van der Waals surface area contributed by atoms with Crippen molar-refractivity contribution in [3.05, 3.63) is 0 Å². The number of unbranched alkanes of at least 4 members (excludes halogenated alkanes) is 5. The molecule has 0 spiro atoms. The first-order chi connectivity index (χ1) is 13.4. The van der Waals surface area contributed by atoms with E-state index >= 15 is 0 Å². The van der Waals surface area contributed by atoms with Gasteiger partial charge in [-0.15, -0.1) is 0 Å². The van der Waals surface area contributed by atoms with Gasteiger partial charge in [-0.2, -0.15) is 11.8 Å². The van der Waals surface area contributed by atoms with Crippen LogP contribution in [0, 0.1) is 5.41 Å². The van der Waals surface area contributed by atoms with Crippen molar-refractivity contribution >= 4 is 23.7 Å². The highest BCUT2D eigenvalue weighted by atomic mass is 32.2. The molecule has 0 heterocycles. The molecule has 0 radical (unpaired) electrons. The SMILES string of the molecule is CCCCCCCCOC(=O)CCSCCC(=O)O.OCC(CO)(CO)CO. The van der Waals surface area contributed by atoms with E-state index in [0.29, 0.717) is 24.5 Å². The molecule has 0 fully saturated rings. The molecule has 8 nitrogen and oxygen atoms in total. The van der Waals surface area contributed by atoms with E-state index in [1.165, 1.54) is 37.4 Å². The number of esters is 1. The normalized spacial score (nSPS) is 10.9. The fraction of sp³-hybridized carbons (Fsp3) is 0.895. The van der Waals surface area contributed by atoms with Gasteiger partial charge in [-0.1, -0.05) is 39.0 Å². The van der Waals surface area contributed by atoms with Crippen molar-refractivity contribution < 1.29 is 39.9 Å². The van der Waals surface area contributed by atoms with Crippen LogP contribution in [0.3, 0.4) is 0 Å². The number of ether oxygens (including phenoxy) is 1. The van der Waals surface area contributed by atoms with Crippen LogP contribution in [0.2, 0.25) is 0 Å². The van der Waals surface area contributed by atoms with Crippen LogP contribution in [0.15, 0.2) is 0 Å². The smallest absolute Gasteiger partial charge is 0.306 e. The van der Waals surface area contributed by atoms with Gasteiger partial charge < -0.3 is 30.3 Å². The fourth-order valence-corrected chi connectivity index (χ4v) is 2.69. The van der Waals surface area contributed by atoms with E-state index in [4.69, 9.17) is 30.3 Å². The van der Waals surface area contributed by atoms with Gasteiger partial charge >= 0.3 is 11.9 Å². The summed E-state index contributed by atoms with van der Waals surface area (Å²) in [6.07, 6.45) is 7.61. The van der Waals surface area contributed by atoms with Crippen molar-refractivity contribution in [2.75, 3.05) is 44.5 Å². The quantitative estimate of drug-likeness (QED) is 0.172. The molecule has 9 heteroatoms. The van der Waals surface area contributed by atoms with E-state index in [9.17, 15) is 9.59 Å². The molecule has 0 atom stereocenters. The first-order valence-corrected chi connectivity index (χ1v) is 11.0. The first-order valence-electron chi connectivity index (χ1n) is 9.80. The summed E-state index contributed by atoms with van der Waals surface area (Å²) in [6, 6.07) is 0. The Morgan fingerprint density at radius 2 is 1.32 bits per heavy atom. The summed E-state index contributed by atoms with van der Waals surface area (Å²) >= 11 is 1.48. The van der Waals surface area contributed by atoms with Crippen LogP contribution >= 0.6 is 11.8 Å². The van der Waals surface area contributed by atoms with Gasteiger partial charge in [0.25, 0.3) is 0 Å². The number of aliphatic carboxylic acids is 1. The van der Waals surface area contributed by atoms with Gasteiger partial charge in [-0.3, -0.25) is 9.59 Å². The Balaban J connectivity index is 0. The third kappa shape index (κ3) is 18.5. The topological polar surface area (TPSA) is 145 Å². The number of hydrogen-bond donors (Lipinski definition) is 5. The van der Waals surface area contributed by atoms with Crippen molar-refractivity contribution in [3.63, 3.8) is 0 Å². The zero-order valence-corrected chi connectivity index (χ0v) is 17.8. The van der Waals surface area contributed by atoms with Gasteiger partial charge in [-0.05, 0) is 6.42 Å². The molecule has 0 saturated heterocycles. The molecule has 0 aromatic carbocycles. The summed E-state index contributed by atoms with van der Waals surface area (Å²) < 4.78 is 5.11. The van der Waals surface area contributed by atoms with E-state index in [0.717, 1.165) is 12.8 Å². The monoisotopic (exact) mass is 426 g/mol. The number of carbonyl (C=O) groups excluding carboxylic acids is 1. The molecule has 0 saturated carbocycles. The lowest BCUT2D eigenvalue weighted by Crippen LogP contribution is -2.37. The first kappa shape index (κ1) is 29.3. The zero-order chi connectivity index (χ0) is 21.7. The van der Waals surface area contributed by atoms with Crippen LogP contribution in [0.1, 0.15) is 58.3 Å². The second-order valence-corrected chi connectivity index (χ2v) is 7.85. The van der Waals surface area contributed by atoms with E-state index in [2.05, 4.69) is 6.92 Å². The molecule has 0 aliphatic rings. The maximum absolute atomic E-state index is 11.3. The number of carboxylic acid groups (broad SMARTS) is 1. The molecular formula is C19H38O8S. The summed E-state index contributed by atoms with van der Waals surface area (Å²) in [6.45, 7) is 1.08. The van der Waals surface area contributed by atoms with Crippen molar-refractivity contribution in [3.8, 4) is 0 Å². The molecule has 0 unspecified atom stereocenters. The van der Waals surface area contributed by atoms with Crippen molar-refractivity contribution in [2.24, 2.45) is 5.41 Å². The third-order valence-electron chi connectivity index (χ3n) is 4.01. The van der Waals surface area contributed by atoms with Gasteiger partial charge in [0.2, 0.25) is 0 Å². The van der Waals surface area contributed by atoms with Crippen molar-refractivity contribution in [1.29, 1.82) is 0 Å². The van der Waals surface area contributed by atoms with E-state index in [-0.39, 0.29) is 12.4 Å². The van der Waals surface area contributed by atoms with Crippen LogP contribution in [0.25, 0.3) is 0 Å². The molecule has 0 aromatic rings. The average molecular weight is 427 g/mol. The molecule has 168 valence electrons. The number of rotatable bonds is 17. The molecule has 0 rings (SSSR count). The Bertz CT molecular complexity index is 357. The van der Waals surface area contributed by atoms with Gasteiger partial charge in [0.15, 0.2) is 0 Å². The molecule has 0 aliphatic heterocycles. The highest BCUT2D eigenvalue weighted by molar-refractivity contribution is 7.99. The molecule has 0 aromatic heterocycles. The lowest BCUT2D eigenvalue weighted by molar-refractivity contribution is -0.143. The Morgan fingerprint density at radius 3 is 1.79 bits per heavy atom. The van der Waals surface area contributed by atoms with Crippen LogP contribution in [-0.4, -0.2) is 82.0 Å². The predicted molar refractivity (Wildman–Crippen MR) is 109 cm³/mol. The summed E-state index contributed by atoms with van der Waals surface area (Å²) in [5.41, 5.74) is -1.11. The Kier molecular flexibility index (Phi) is 21.8. The van der Waals surface area contributed by atoms with Gasteiger partial charge in [-0.25, -0.2) is 0 Å². The van der Waals surface area contributed by atoms with E-state index in [1.54, 1.807) is 0 Å². The summed E-state index contributed by atoms with van der Waals surface area (Å²) in [5, 5.41) is 42.4. The minimum absolute atomic E-state index is 0.150. The summed E-state index contributed by atoms with van der Waals surface area (Å²) in [7, 11) is 0. The summed E-state index contributed by atoms with van der Waals surface area (Å²) in [5.74, 6) is 0.234. The minimum atomic E-state index is -1.11. The lowest BCUT2D eigenvalue weighted by Gasteiger charge is -2.23. The number of aliphatic hydroxyl groups excluding tert-OH is 4. The molecule has 0 bridgehead atoms. The number of carbonyl (C=O) groups is 2. The lowest BCUT2D eigenvalue weighted by atomic mass is 9.93. The Hall–Kier alpha value is -0.870. The standard InChI is InChI=1S/C14H26O4S.C5H12O4/c1-2-3-4-5-6-7-10-18-14(17)9-12-19-11-8-13(15)16;6-1-5(2-7,3-8)4-9/h2-12H2,1H3,(H,15,16);6-9H,1-4H2. The van der Waals surface area contributed by atoms with Gasteiger partial charge in [0, 0.05) is 11.5 Å². The fourth-order valence-electron chi connectivity index (χ4n) is 1.86. The van der Waals surface area contributed by atoms with Crippen LogP contribution in [0.5, 0.6) is 0 Å². The molecule has 28 heavy (non-hydrogen) atoms. The number of thioether (sulfide) groups is 1. The Morgan fingerprint density at radius 1 is 0.821 bits per heavy atom. The Labute approximate surface area is 172 Å². The maximum Gasteiger partial charge on any atom is 0.306 e. The maximum atomic E-state index is 11.3. The van der Waals surface area contributed by atoms with Gasteiger partial charge in [0.05, 0.1) is 51.3 Å². The van der Waals surface area contributed by atoms with Crippen LogP contribution in [0.4, 0.5) is 0 Å². The van der Waals surface area contributed by atoms with Crippen molar-refractivity contribution in [2.45, 2.75) is 58.3 Å².